The van der Waals surface area contributed by atoms with E-state index < -0.39 is 23.9 Å². The average Bonchev–Trinajstić information content (AvgIpc) is 2.86. The highest BCUT2D eigenvalue weighted by molar-refractivity contribution is 7.14. The predicted molar refractivity (Wildman–Crippen MR) is 76.7 cm³/mol. The first kappa shape index (κ1) is 15.5. The minimum Gasteiger partial charge on any atom is -0.481 e. The molecule has 0 aliphatic heterocycles. The van der Waals surface area contributed by atoms with Gasteiger partial charge in [0.25, 0.3) is 5.91 Å². The lowest BCUT2D eigenvalue weighted by Gasteiger charge is -2.12. The van der Waals surface area contributed by atoms with Crippen LogP contribution in [0.3, 0.4) is 0 Å². The zero-order valence-electron chi connectivity index (χ0n) is 11.4. The van der Waals surface area contributed by atoms with Crippen LogP contribution in [0.25, 0.3) is 0 Å². The smallest absolute Gasteiger partial charge is 0.326 e. The molecule has 1 aromatic rings. The van der Waals surface area contributed by atoms with Crippen LogP contribution in [0.2, 0.25) is 0 Å². The van der Waals surface area contributed by atoms with E-state index in [1.54, 1.807) is 0 Å². The fourth-order valence-electron chi connectivity index (χ4n) is 2.36. The van der Waals surface area contributed by atoms with Crippen LogP contribution in [-0.2, 0) is 22.4 Å². The largest absolute Gasteiger partial charge is 0.481 e. The van der Waals surface area contributed by atoms with Crippen LogP contribution in [0, 0.1) is 0 Å². The maximum Gasteiger partial charge on any atom is 0.326 e. The first-order valence-corrected chi connectivity index (χ1v) is 7.66. The van der Waals surface area contributed by atoms with Crippen molar-refractivity contribution in [2.45, 2.75) is 44.6 Å². The second-order valence-electron chi connectivity index (χ2n) is 5.06. The second-order valence-corrected chi connectivity index (χ2v) is 6.20. The van der Waals surface area contributed by atoms with Crippen LogP contribution in [0.15, 0.2) is 6.07 Å². The SMILES string of the molecule is O=C(O)CCC(NC(=O)c1cc2c(s1)CCCC2)C(=O)O. The summed E-state index contributed by atoms with van der Waals surface area (Å²) in [7, 11) is 0. The van der Waals surface area contributed by atoms with E-state index in [9.17, 15) is 14.4 Å². The lowest BCUT2D eigenvalue weighted by molar-refractivity contribution is -0.140. The molecule has 21 heavy (non-hydrogen) atoms. The summed E-state index contributed by atoms with van der Waals surface area (Å²) in [5, 5.41) is 20.0. The molecule has 1 aliphatic rings. The van der Waals surface area contributed by atoms with Gasteiger partial charge in [0.05, 0.1) is 4.88 Å². The molecular weight excluding hydrogens is 294 g/mol. The normalized spacial score (nSPS) is 15.0. The molecule has 0 aromatic carbocycles. The third-order valence-electron chi connectivity index (χ3n) is 3.47. The number of carbonyl (C=O) groups excluding carboxylic acids is 1. The van der Waals surface area contributed by atoms with Crippen molar-refractivity contribution in [3.8, 4) is 0 Å². The fourth-order valence-corrected chi connectivity index (χ4v) is 3.51. The number of aliphatic carboxylic acids is 2. The number of nitrogens with one attached hydrogen (secondary N) is 1. The molecule has 0 bridgehead atoms. The van der Waals surface area contributed by atoms with Gasteiger partial charge in [0.15, 0.2) is 0 Å². The molecule has 1 amide bonds. The van der Waals surface area contributed by atoms with Crippen LogP contribution in [0.4, 0.5) is 0 Å². The maximum absolute atomic E-state index is 12.1. The summed E-state index contributed by atoms with van der Waals surface area (Å²) in [5.74, 6) is -2.74. The molecular formula is C14H17NO5S. The predicted octanol–water partition coefficient (Wildman–Crippen LogP) is 1.67. The summed E-state index contributed by atoms with van der Waals surface area (Å²) in [6, 6.07) is 0.651. The highest BCUT2D eigenvalue weighted by Gasteiger charge is 2.23. The van der Waals surface area contributed by atoms with E-state index in [0.29, 0.717) is 4.88 Å². The Balaban J connectivity index is 2.02. The summed E-state index contributed by atoms with van der Waals surface area (Å²) < 4.78 is 0. The van der Waals surface area contributed by atoms with Gasteiger partial charge < -0.3 is 15.5 Å². The highest BCUT2D eigenvalue weighted by atomic mass is 32.1. The molecule has 1 unspecified atom stereocenters. The number of carboxylic acid groups (broad SMARTS) is 2. The monoisotopic (exact) mass is 311 g/mol. The molecule has 0 saturated heterocycles. The van der Waals surface area contributed by atoms with Gasteiger partial charge in [-0.1, -0.05) is 0 Å². The first-order valence-electron chi connectivity index (χ1n) is 6.84. The molecule has 2 rings (SSSR count). The molecule has 0 radical (unpaired) electrons. The van der Waals surface area contributed by atoms with E-state index in [1.165, 1.54) is 21.8 Å². The minimum absolute atomic E-state index is 0.124. The molecule has 3 N–H and O–H groups in total. The van der Waals surface area contributed by atoms with Crippen LogP contribution in [-0.4, -0.2) is 34.1 Å². The van der Waals surface area contributed by atoms with Crippen LogP contribution >= 0.6 is 11.3 Å². The zero-order chi connectivity index (χ0) is 15.4. The Kier molecular flexibility index (Phi) is 4.95. The van der Waals surface area contributed by atoms with E-state index in [4.69, 9.17) is 10.2 Å². The van der Waals surface area contributed by atoms with E-state index in [-0.39, 0.29) is 12.8 Å². The van der Waals surface area contributed by atoms with Crippen molar-refractivity contribution in [2.24, 2.45) is 0 Å². The summed E-state index contributed by atoms with van der Waals surface area (Å²) >= 11 is 1.40. The standard InChI is InChI=1S/C14H17NO5S/c16-12(17)6-5-9(14(19)20)15-13(18)11-7-8-3-1-2-4-10(8)21-11/h7,9H,1-6H2,(H,15,18)(H,16,17)(H,19,20). The number of aryl methyl sites for hydroxylation is 2. The van der Waals surface area contributed by atoms with Gasteiger partial charge in [-0.05, 0) is 43.7 Å². The highest BCUT2D eigenvalue weighted by Crippen LogP contribution is 2.29. The van der Waals surface area contributed by atoms with E-state index >= 15 is 0 Å². The molecule has 0 saturated carbocycles. The van der Waals surface area contributed by atoms with Crippen LogP contribution < -0.4 is 5.32 Å². The molecule has 0 fully saturated rings. The third-order valence-corrected chi connectivity index (χ3v) is 4.71. The van der Waals surface area contributed by atoms with Crippen molar-refractivity contribution in [1.82, 2.24) is 5.32 Å². The molecule has 1 aromatic heterocycles. The Labute approximate surface area is 125 Å². The van der Waals surface area contributed by atoms with Crippen molar-refractivity contribution >= 4 is 29.2 Å². The van der Waals surface area contributed by atoms with Crippen molar-refractivity contribution in [3.05, 3.63) is 21.4 Å². The molecule has 1 atom stereocenters. The Hall–Kier alpha value is -1.89. The quantitative estimate of drug-likeness (QED) is 0.741. The first-order chi connectivity index (χ1) is 9.97. The van der Waals surface area contributed by atoms with Crippen LogP contribution in [0.1, 0.15) is 45.8 Å². The number of hydrogen-bond donors (Lipinski definition) is 3. The number of carbonyl (C=O) groups is 3. The molecule has 1 heterocycles. The molecule has 6 nitrogen and oxygen atoms in total. The maximum atomic E-state index is 12.1. The summed E-state index contributed by atoms with van der Waals surface area (Å²) in [6.45, 7) is 0. The Morgan fingerprint density at radius 3 is 2.57 bits per heavy atom. The Morgan fingerprint density at radius 2 is 1.95 bits per heavy atom. The fraction of sp³-hybridized carbons (Fsp3) is 0.500. The van der Waals surface area contributed by atoms with Crippen molar-refractivity contribution in [1.29, 1.82) is 0 Å². The Bertz CT molecular complexity index is 542. The van der Waals surface area contributed by atoms with E-state index in [2.05, 4.69) is 5.32 Å². The third kappa shape index (κ3) is 4.04. The van der Waals surface area contributed by atoms with E-state index in [1.807, 2.05) is 6.07 Å². The lowest BCUT2D eigenvalue weighted by Crippen LogP contribution is -2.40. The van der Waals surface area contributed by atoms with Gasteiger partial charge in [-0.2, -0.15) is 0 Å². The number of thiophene rings is 1. The second kappa shape index (κ2) is 6.71. The van der Waals surface area contributed by atoms with Gasteiger partial charge in [-0.25, -0.2) is 4.79 Å². The number of rotatable bonds is 6. The van der Waals surface area contributed by atoms with E-state index in [0.717, 1.165) is 25.7 Å². The number of fused-ring (bicyclic) bond motifs is 1. The molecule has 1 aliphatic carbocycles. The van der Waals surface area contributed by atoms with Crippen LogP contribution in [0.5, 0.6) is 0 Å². The number of amides is 1. The summed E-state index contributed by atoms with van der Waals surface area (Å²) in [6.07, 6.45) is 3.74. The number of hydrogen-bond acceptors (Lipinski definition) is 4. The van der Waals surface area contributed by atoms with Crippen molar-refractivity contribution < 1.29 is 24.6 Å². The summed E-state index contributed by atoms with van der Waals surface area (Å²) in [4.78, 5) is 35.4. The lowest BCUT2D eigenvalue weighted by atomic mass is 9.99. The summed E-state index contributed by atoms with van der Waals surface area (Å²) in [5.41, 5.74) is 1.17. The molecule has 0 spiro atoms. The average molecular weight is 311 g/mol. The minimum atomic E-state index is -1.22. The van der Waals surface area contributed by atoms with Gasteiger partial charge in [-0.3, -0.25) is 9.59 Å². The van der Waals surface area contributed by atoms with Gasteiger partial charge in [0.2, 0.25) is 0 Å². The van der Waals surface area contributed by atoms with Gasteiger partial charge >= 0.3 is 11.9 Å². The van der Waals surface area contributed by atoms with Crippen molar-refractivity contribution in [3.63, 3.8) is 0 Å². The zero-order valence-corrected chi connectivity index (χ0v) is 12.2. The van der Waals surface area contributed by atoms with Gasteiger partial charge in [-0.15, -0.1) is 11.3 Å². The molecule has 7 heteroatoms. The van der Waals surface area contributed by atoms with Gasteiger partial charge in [0.1, 0.15) is 6.04 Å². The Morgan fingerprint density at radius 1 is 1.24 bits per heavy atom. The topological polar surface area (TPSA) is 104 Å². The number of carboxylic acids is 2. The van der Waals surface area contributed by atoms with Gasteiger partial charge in [0, 0.05) is 11.3 Å². The van der Waals surface area contributed by atoms with Crippen molar-refractivity contribution in [2.75, 3.05) is 0 Å². The molecule has 114 valence electrons.